The lowest BCUT2D eigenvalue weighted by atomic mass is 9.99. The maximum Gasteiger partial charge on any atom is 0.330 e. The Kier molecular flexibility index (Phi) is 3.67. The molecule has 7 heteroatoms. The van der Waals surface area contributed by atoms with E-state index in [4.69, 9.17) is 9.47 Å². The number of para-hydroxylation sites is 2. The zero-order valence-corrected chi connectivity index (χ0v) is 12.0. The van der Waals surface area contributed by atoms with Crippen molar-refractivity contribution >= 4 is 23.6 Å². The van der Waals surface area contributed by atoms with Gasteiger partial charge in [0.2, 0.25) is 6.10 Å². The number of carboxylic acid groups (broad SMARTS) is 1. The van der Waals surface area contributed by atoms with Crippen LogP contribution in [0.15, 0.2) is 24.3 Å². The number of nitrogens with one attached hydrogen (secondary N) is 1. The molecule has 1 aromatic carbocycles. The quantitative estimate of drug-likeness (QED) is 0.863. The Morgan fingerprint density at radius 1 is 1.33 bits per heavy atom. The highest BCUT2D eigenvalue weighted by atomic mass is 32.2. The van der Waals surface area contributed by atoms with Gasteiger partial charge in [-0.3, -0.25) is 4.79 Å². The molecule has 2 aliphatic rings. The van der Waals surface area contributed by atoms with Gasteiger partial charge in [-0.05, 0) is 24.3 Å². The molecule has 2 atom stereocenters. The average molecular weight is 309 g/mol. The van der Waals surface area contributed by atoms with Crippen LogP contribution in [0.2, 0.25) is 0 Å². The van der Waals surface area contributed by atoms with Gasteiger partial charge in [0.1, 0.15) is 12.1 Å². The number of carbonyl (C=O) groups excluding carboxylic acids is 1. The van der Waals surface area contributed by atoms with Gasteiger partial charge in [0.25, 0.3) is 5.91 Å². The summed E-state index contributed by atoms with van der Waals surface area (Å²) in [7, 11) is 0. The first kappa shape index (κ1) is 14.1. The van der Waals surface area contributed by atoms with Crippen LogP contribution in [0, 0.1) is 0 Å². The SMILES string of the molecule is O=C(N[C@@]1(C(=O)O)CCSC1)[C@H]1COc2ccccc2O1. The van der Waals surface area contributed by atoms with Crippen molar-refractivity contribution in [2.24, 2.45) is 0 Å². The summed E-state index contributed by atoms with van der Waals surface area (Å²) < 4.78 is 11.1. The van der Waals surface area contributed by atoms with Gasteiger partial charge < -0.3 is 19.9 Å². The third kappa shape index (κ3) is 2.65. The third-order valence-electron chi connectivity index (χ3n) is 3.59. The standard InChI is InChI=1S/C14H15NO5S/c16-12(15-14(13(17)18)5-6-21-8-14)11-7-19-9-3-1-2-4-10(9)20-11/h1-4,11H,5-8H2,(H,15,16)(H,17,18)/t11-,14+/m1/s1. The summed E-state index contributed by atoms with van der Waals surface area (Å²) in [5.41, 5.74) is -1.19. The van der Waals surface area contributed by atoms with Crippen molar-refractivity contribution in [1.82, 2.24) is 5.32 Å². The Bertz CT molecular complexity index is 570. The number of rotatable bonds is 3. The van der Waals surface area contributed by atoms with Crippen molar-refractivity contribution in [2.45, 2.75) is 18.1 Å². The number of carbonyl (C=O) groups is 2. The Labute approximate surface area is 125 Å². The lowest BCUT2D eigenvalue weighted by Gasteiger charge is -2.30. The minimum absolute atomic E-state index is 0.0751. The maximum absolute atomic E-state index is 12.3. The zero-order chi connectivity index (χ0) is 14.9. The first-order valence-electron chi connectivity index (χ1n) is 6.62. The Hall–Kier alpha value is -1.89. The van der Waals surface area contributed by atoms with E-state index in [2.05, 4.69) is 5.32 Å². The lowest BCUT2D eigenvalue weighted by molar-refractivity contribution is -0.148. The van der Waals surface area contributed by atoms with Gasteiger partial charge in [0.15, 0.2) is 11.5 Å². The Morgan fingerprint density at radius 3 is 2.76 bits per heavy atom. The Morgan fingerprint density at radius 2 is 2.10 bits per heavy atom. The molecule has 2 aliphatic heterocycles. The molecule has 1 amide bonds. The fraction of sp³-hybridized carbons (Fsp3) is 0.429. The van der Waals surface area contributed by atoms with Crippen LogP contribution in [0.1, 0.15) is 6.42 Å². The molecule has 2 N–H and O–H groups in total. The molecule has 0 spiro atoms. The summed E-state index contributed by atoms with van der Waals surface area (Å²) in [5.74, 6) is 0.725. The van der Waals surface area contributed by atoms with Crippen LogP contribution >= 0.6 is 11.8 Å². The molecule has 2 heterocycles. The summed E-state index contributed by atoms with van der Waals surface area (Å²) in [4.78, 5) is 23.7. The van der Waals surface area contributed by atoms with Crippen LogP contribution in [0.3, 0.4) is 0 Å². The van der Waals surface area contributed by atoms with Crippen molar-refractivity contribution in [2.75, 3.05) is 18.1 Å². The van der Waals surface area contributed by atoms with E-state index in [1.807, 2.05) is 6.07 Å². The van der Waals surface area contributed by atoms with E-state index in [0.717, 1.165) is 5.75 Å². The van der Waals surface area contributed by atoms with Crippen LogP contribution < -0.4 is 14.8 Å². The van der Waals surface area contributed by atoms with Crippen LogP contribution in [0.4, 0.5) is 0 Å². The molecule has 0 radical (unpaired) electrons. The van der Waals surface area contributed by atoms with Crippen molar-refractivity contribution < 1.29 is 24.2 Å². The summed E-state index contributed by atoms with van der Waals surface area (Å²) in [6.45, 7) is 0.0751. The number of aliphatic carboxylic acids is 1. The largest absolute Gasteiger partial charge is 0.485 e. The highest BCUT2D eigenvalue weighted by Crippen LogP contribution is 2.32. The van der Waals surface area contributed by atoms with Gasteiger partial charge >= 0.3 is 5.97 Å². The number of carboxylic acids is 1. The third-order valence-corrected chi connectivity index (χ3v) is 4.78. The second-order valence-electron chi connectivity index (χ2n) is 5.04. The summed E-state index contributed by atoms with van der Waals surface area (Å²) in [6, 6.07) is 7.08. The predicted octanol–water partition coefficient (Wildman–Crippen LogP) is 0.903. The molecule has 0 saturated carbocycles. The highest BCUT2D eigenvalue weighted by Gasteiger charge is 2.45. The number of thioether (sulfide) groups is 1. The number of amides is 1. The minimum atomic E-state index is -1.19. The monoisotopic (exact) mass is 309 g/mol. The summed E-state index contributed by atoms with van der Waals surface area (Å²) >= 11 is 1.52. The molecule has 1 aromatic rings. The van der Waals surface area contributed by atoms with E-state index in [1.165, 1.54) is 11.8 Å². The fourth-order valence-corrected chi connectivity index (χ4v) is 3.68. The van der Waals surface area contributed by atoms with E-state index in [0.29, 0.717) is 23.7 Å². The molecule has 0 bridgehead atoms. The topological polar surface area (TPSA) is 84.9 Å². The van der Waals surface area contributed by atoms with Gasteiger partial charge in [-0.15, -0.1) is 0 Å². The van der Waals surface area contributed by atoms with Crippen LogP contribution in [0.25, 0.3) is 0 Å². The van der Waals surface area contributed by atoms with Crippen molar-refractivity contribution in [3.8, 4) is 11.5 Å². The van der Waals surface area contributed by atoms with Crippen LogP contribution in [-0.2, 0) is 9.59 Å². The van der Waals surface area contributed by atoms with E-state index >= 15 is 0 Å². The zero-order valence-electron chi connectivity index (χ0n) is 11.2. The molecule has 0 aliphatic carbocycles. The number of benzene rings is 1. The van der Waals surface area contributed by atoms with Crippen molar-refractivity contribution in [1.29, 1.82) is 0 Å². The molecule has 0 aromatic heterocycles. The van der Waals surface area contributed by atoms with E-state index < -0.39 is 23.5 Å². The predicted molar refractivity (Wildman–Crippen MR) is 76.8 cm³/mol. The van der Waals surface area contributed by atoms with Gasteiger partial charge in [0, 0.05) is 5.75 Å². The van der Waals surface area contributed by atoms with Crippen molar-refractivity contribution in [3.63, 3.8) is 0 Å². The molecule has 0 unspecified atom stereocenters. The maximum atomic E-state index is 12.3. The van der Waals surface area contributed by atoms with Gasteiger partial charge in [-0.1, -0.05) is 12.1 Å². The fourth-order valence-electron chi connectivity index (χ4n) is 2.35. The molecular weight excluding hydrogens is 294 g/mol. The van der Waals surface area contributed by atoms with E-state index in [1.54, 1.807) is 18.2 Å². The van der Waals surface area contributed by atoms with E-state index in [-0.39, 0.29) is 6.61 Å². The van der Waals surface area contributed by atoms with E-state index in [9.17, 15) is 14.7 Å². The normalized spacial score (nSPS) is 27.1. The number of hydrogen-bond donors (Lipinski definition) is 2. The smallest absolute Gasteiger partial charge is 0.330 e. The number of fused-ring (bicyclic) bond motifs is 1. The minimum Gasteiger partial charge on any atom is -0.485 e. The lowest BCUT2D eigenvalue weighted by Crippen LogP contribution is -2.59. The number of hydrogen-bond acceptors (Lipinski definition) is 5. The molecule has 1 saturated heterocycles. The van der Waals surface area contributed by atoms with Crippen molar-refractivity contribution in [3.05, 3.63) is 24.3 Å². The molecule has 1 fully saturated rings. The second kappa shape index (κ2) is 5.48. The Balaban J connectivity index is 1.71. The molecular formula is C14H15NO5S. The molecule has 21 heavy (non-hydrogen) atoms. The van der Waals surface area contributed by atoms with Gasteiger partial charge in [-0.2, -0.15) is 11.8 Å². The first-order valence-corrected chi connectivity index (χ1v) is 7.78. The van der Waals surface area contributed by atoms with Crippen LogP contribution in [0.5, 0.6) is 11.5 Å². The summed E-state index contributed by atoms with van der Waals surface area (Å²) in [5, 5.41) is 12.0. The average Bonchev–Trinajstić information content (AvgIpc) is 2.96. The second-order valence-corrected chi connectivity index (χ2v) is 6.15. The van der Waals surface area contributed by atoms with Gasteiger partial charge in [-0.25, -0.2) is 4.79 Å². The molecule has 3 rings (SSSR count). The number of ether oxygens (including phenoxy) is 2. The van der Waals surface area contributed by atoms with Crippen LogP contribution in [-0.4, -0.2) is 46.7 Å². The first-order chi connectivity index (χ1) is 10.1. The van der Waals surface area contributed by atoms with Gasteiger partial charge in [0.05, 0.1) is 0 Å². The highest BCUT2D eigenvalue weighted by molar-refractivity contribution is 7.99. The molecule has 6 nitrogen and oxygen atoms in total. The summed E-state index contributed by atoms with van der Waals surface area (Å²) in [6.07, 6.45) is -0.412. The molecule has 112 valence electrons.